The van der Waals surface area contributed by atoms with Crippen LogP contribution in [0.15, 0.2) is 12.1 Å². The minimum atomic E-state index is -0.605. The minimum absolute atomic E-state index is 0.383. The third-order valence-corrected chi connectivity index (χ3v) is 2.92. The molecule has 1 fully saturated rings. The topological polar surface area (TPSA) is 75.5 Å². The molecule has 19 heavy (non-hydrogen) atoms. The molecule has 1 unspecified atom stereocenters. The number of nitrogens with zero attached hydrogens (tertiary/aromatic N) is 3. The van der Waals surface area contributed by atoms with E-state index in [1.54, 1.807) is 12.1 Å². The van der Waals surface area contributed by atoms with E-state index in [0.717, 1.165) is 5.69 Å². The number of carbonyl (C=O) groups excluding carboxylic acids is 1. The van der Waals surface area contributed by atoms with E-state index >= 15 is 0 Å². The number of aromatic nitrogens is 1. The molecule has 6 nitrogen and oxygen atoms in total. The predicted molar refractivity (Wildman–Crippen MR) is 67.7 cm³/mol. The fraction of sp³-hybridized carbons (Fsp3) is 0.462. The number of methoxy groups -OCH3 is 1. The van der Waals surface area contributed by atoms with Crippen molar-refractivity contribution in [3.05, 3.63) is 23.4 Å². The van der Waals surface area contributed by atoms with Gasteiger partial charge in [0.25, 0.3) is 0 Å². The lowest BCUT2D eigenvalue weighted by Gasteiger charge is -2.32. The molecule has 2 rings (SSSR count). The van der Waals surface area contributed by atoms with E-state index in [2.05, 4.69) is 15.8 Å². The van der Waals surface area contributed by atoms with Gasteiger partial charge in [-0.05, 0) is 19.1 Å². The molecule has 1 saturated heterocycles. The van der Waals surface area contributed by atoms with Crippen LogP contribution >= 0.6 is 0 Å². The van der Waals surface area contributed by atoms with Gasteiger partial charge in [-0.2, -0.15) is 5.26 Å². The highest BCUT2D eigenvalue weighted by atomic mass is 16.6. The quantitative estimate of drug-likeness (QED) is 0.727. The first kappa shape index (κ1) is 13.3. The summed E-state index contributed by atoms with van der Waals surface area (Å²) >= 11 is 0. The first-order chi connectivity index (χ1) is 9.13. The highest BCUT2D eigenvalue weighted by Crippen LogP contribution is 2.18. The van der Waals surface area contributed by atoms with Crippen LogP contribution in [0.25, 0.3) is 0 Å². The second kappa shape index (κ2) is 5.67. The third-order valence-electron chi connectivity index (χ3n) is 2.92. The van der Waals surface area contributed by atoms with Crippen molar-refractivity contribution in [3.8, 4) is 6.07 Å². The maximum atomic E-state index is 11.5. The smallest absolute Gasteiger partial charge is 0.336 e. The average molecular weight is 261 g/mol. The molecular weight excluding hydrogens is 246 g/mol. The van der Waals surface area contributed by atoms with Crippen LogP contribution in [0, 0.1) is 18.3 Å². The number of nitriles is 1. The first-order valence-electron chi connectivity index (χ1n) is 5.97. The standard InChI is InChI=1S/C13H15N3O3/c1-9-5-10(7-14)6-12(15-9)16-3-4-19-11(8-16)13(17)18-2/h5-6,11H,3-4,8H2,1-2H3. The lowest BCUT2D eigenvalue weighted by Crippen LogP contribution is -2.47. The van der Waals surface area contributed by atoms with Crippen molar-refractivity contribution in [2.75, 3.05) is 31.7 Å². The molecule has 0 amide bonds. The summed E-state index contributed by atoms with van der Waals surface area (Å²) in [5.41, 5.74) is 1.33. The van der Waals surface area contributed by atoms with E-state index in [-0.39, 0.29) is 0 Å². The molecule has 1 aromatic heterocycles. The zero-order valence-corrected chi connectivity index (χ0v) is 10.9. The van der Waals surface area contributed by atoms with Crippen LogP contribution < -0.4 is 4.90 Å². The molecule has 0 spiro atoms. The SMILES string of the molecule is COC(=O)C1CN(c2cc(C#N)cc(C)n2)CCO1. The number of morpholine rings is 1. The molecule has 0 saturated carbocycles. The molecule has 1 atom stereocenters. The molecule has 0 aliphatic carbocycles. The van der Waals surface area contributed by atoms with Crippen LogP contribution in [0.2, 0.25) is 0 Å². The molecule has 6 heteroatoms. The molecule has 0 radical (unpaired) electrons. The van der Waals surface area contributed by atoms with Crippen LogP contribution in [-0.4, -0.2) is 43.9 Å². The van der Waals surface area contributed by atoms with Crippen molar-refractivity contribution in [2.24, 2.45) is 0 Å². The Morgan fingerprint density at radius 2 is 2.42 bits per heavy atom. The Hall–Kier alpha value is -2.13. The van der Waals surface area contributed by atoms with Gasteiger partial charge in [0.05, 0.1) is 31.9 Å². The third kappa shape index (κ3) is 3.01. The van der Waals surface area contributed by atoms with Gasteiger partial charge in [-0.15, -0.1) is 0 Å². The zero-order valence-electron chi connectivity index (χ0n) is 10.9. The van der Waals surface area contributed by atoms with Gasteiger partial charge in [-0.3, -0.25) is 0 Å². The van der Waals surface area contributed by atoms with Crippen LogP contribution in [-0.2, 0) is 14.3 Å². The number of hydrogen-bond donors (Lipinski definition) is 0. The number of pyridine rings is 1. The van der Waals surface area contributed by atoms with Crippen LogP contribution in [0.3, 0.4) is 0 Å². The summed E-state index contributed by atoms with van der Waals surface area (Å²) in [4.78, 5) is 17.8. The number of rotatable bonds is 2. The fourth-order valence-corrected chi connectivity index (χ4v) is 2.01. The van der Waals surface area contributed by atoms with Gasteiger partial charge in [-0.25, -0.2) is 9.78 Å². The summed E-state index contributed by atoms with van der Waals surface area (Å²) in [6.45, 7) is 3.28. The number of anilines is 1. The van der Waals surface area contributed by atoms with Crippen LogP contribution in [0.1, 0.15) is 11.3 Å². The van der Waals surface area contributed by atoms with Crippen molar-refractivity contribution < 1.29 is 14.3 Å². The van der Waals surface area contributed by atoms with Gasteiger partial charge in [0.1, 0.15) is 5.82 Å². The Kier molecular flexibility index (Phi) is 3.97. The summed E-state index contributed by atoms with van der Waals surface area (Å²) in [7, 11) is 1.34. The van der Waals surface area contributed by atoms with E-state index in [4.69, 9.17) is 10.00 Å². The van der Waals surface area contributed by atoms with Crippen molar-refractivity contribution >= 4 is 11.8 Å². The molecule has 1 aliphatic rings. The van der Waals surface area contributed by atoms with Crippen LogP contribution in [0.5, 0.6) is 0 Å². The summed E-state index contributed by atoms with van der Waals surface area (Å²) < 4.78 is 10.0. The molecule has 1 aliphatic heterocycles. The second-order valence-corrected chi connectivity index (χ2v) is 4.30. The second-order valence-electron chi connectivity index (χ2n) is 4.30. The van der Waals surface area contributed by atoms with E-state index in [9.17, 15) is 4.79 Å². The summed E-state index contributed by atoms with van der Waals surface area (Å²) in [6, 6.07) is 5.54. The number of hydrogen-bond acceptors (Lipinski definition) is 6. The van der Waals surface area contributed by atoms with E-state index < -0.39 is 12.1 Å². The summed E-state index contributed by atoms with van der Waals surface area (Å²) in [5.74, 6) is 0.298. The summed E-state index contributed by atoms with van der Waals surface area (Å²) in [6.07, 6.45) is -0.605. The summed E-state index contributed by atoms with van der Waals surface area (Å²) in [5, 5.41) is 8.97. The highest BCUT2D eigenvalue weighted by molar-refractivity contribution is 5.75. The maximum absolute atomic E-state index is 11.5. The fourth-order valence-electron chi connectivity index (χ4n) is 2.01. The molecular formula is C13H15N3O3. The van der Waals surface area contributed by atoms with Gasteiger partial charge in [-0.1, -0.05) is 0 Å². The van der Waals surface area contributed by atoms with Crippen LogP contribution in [0.4, 0.5) is 5.82 Å². The largest absolute Gasteiger partial charge is 0.467 e. The molecule has 0 N–H and O–H groups in total. The van der Waals surface area contributed by atoms with Crippen molar-refractivity contribution in [2.45, 2.75) is 13.0 Å². The van der Waals surface area contributed by atoms with Gasteiger partial charge in [0, 0.05) is 12.2 Å². The van der Waals surface area contributed by atoms with Gasteiger partial charge >= 0.3 is 5.97 Å². The number of esters is 1. The molecule has 1 aromatic rings. The average Bonchev–Trinajstić information content (AvgIpc) is 2.45. The predicted octanol–water partition coefficient (Wildman–Crippen LogP) is 0.640. The Balaban J connectivity index is 2.20. The van der Waals surface area contributed by atoms with Crippen molar-refractivity contribution in [1.82, 2.24) is 4.98 Å². The van der Waals surface area contributed by atoms with Gasteiger partial charge in [0.2, 0.25) is 0 Å². The van der Waals surface area contributed by atoms with Gasteiger partial charge in [0.15, 0.2) is 6.10 Å². The lowest BCUT2D eigenvalue weighted by atomic mass is 10.2. The van der Waals surface area contributed by atoms with E-state index in [1.165, 1.54) is 7.11 Å². The Labute approximate surface area is 111 Å². The first-order valence-corrected chi connectivity index (χ1v) is 5.97. The number of carbonyl (C=O) groups is 1. The minimum Gasteiger partial charge on any atom is -0.467 e. The Morgan fingerprint density at radius 3 is 3.11 bits per heavy atom. The number of aryl methyl sites for hydroxylation is 1. The van der Waals surface area contributed by atoms with Crippen molar-refractivity contribution in [1.29, 1.82) is 5.26 Å². The molecule has 0 bridgehead atoms. The zero-order chi connectivity index (χ0) is 13.8. The Bertz CT molecular complexity index is 524. The highest BCUT2D eigenvalue weighted by Gasteiger charge is 2.28. The van der Waals surface area contributed by atoms with Gasteiger partial charge < -0.3 is 14.4 Å². The molecule has 100 valence electrons. The lowest BCUT2D eigenvalue weighted by molar-refractivity contribution is -0.154. The normalized spacial score (nSPS) is 18.8. The maximum Gasteiger partial charge on any atom is 0.336 e. The van der Waals surface area contributed by atoms with E-state index in [0.29, 0.717) is 31.1 Å². The van der Waals surface area contributed by atoms with E-state index in [1.807, 2.05) is 11.8 Å². The number of ether oxygens (including phenoxy) is 2. The van der Waals surface area contributed by atoms with Crippen molar-refractivity contribution in [3.63, 3.8) is 0 Å². The monoisotopic (exact) mass is 261 g/mol. The Morgan fingerprint density at radius 1 is 1.63 bits per heavy atom. The molecule has 2 heterocycles. The molecule has 0 aromatic carbocycles.